The summed E-state index contributed by atoms with van der Waals surface area (Å²) in [5, 5.41) is 6.59. The molecule has 0 spiro atoms. The smallest absolute Gasteiger partial charge is 0.129 e. The van der Waals surface area contributed by atoms with Crippen LogP contribution < -0.4 is 26.8 Å². The summed E-state index contributed by atoms with van der Waals surface area (Å²) in [5.74, 6) is 1.29. The van der Waals surface area contributed by atoms with Crippen molar-refractivity contribution in [1.82, 2.24) is 0 Å². The molecule has 0 heterocycles. The van der Waals surface area contributed by atoms with Gasteiger partial charge in [-0.1, -0.05) is 36.4 Å². The van der Waals surface area contributed by atoms with Crippen molar-refractivity contribution in [3.63, 3.8) is 0 Å². The molecule has 144 valence electrons. The van der Waals surface area contributed by atoms with Crippen molar-refractivity contribution in [2.45, 2.75) is 0 Å². The molecule has 0 amide bonds. The van der Waals surface area contributed by atoms with Gasteiger partial charge in [-0.25, -0.2) is 0 Å². The third kappa shape index (κ3) is 4.59. The lowest BCUT2D eigenvalue weighted by Gasteiger charge is -2.13. The summed E-state index contributed by atoms with van der Waals surface area (Å²) in [6.07, 6.45) is 0. The van der Waals surface area contributed by atoms with Crippen LogP contribution in [0, 0.1) is 0 Å². The molecule has 0 aliphatic heterocycles. The topological polar surface area (TPSA) is 85.3 Å². The first-order valence-corrected chi connectivity index (χ1v) is 9.28. The van der Waals surface area contributed by atoms with E-state index in [2.05, 4.69) is 10.6 Å². The fourth-order valence-corrected chi connectivity index (χ4v) is 2.93. The number of benzene rings is 4. The lowest BCUT2D eigenvalue weighted by molar-refractivity contribution is 0.483. The van der Waals surface area contributed by atoms with Gasteiger partial charge in [0.1, 0.15) is 11.5 Å². The number of nitrogen functional groups attached to an aromatic ring is 2. The van der Waals surface area contributed by atoms with Gasteiger partial charge in [0.05, 0.1) is 22.7 Å². The zero-order chi connectivity index (χ0) is 20.1. The molecule has 0 atom stereocenters. The van der Waals surface area contributed by atoms with Crippen molar-refractivity contribution in [1.29, 1.82) is 0 Å². The second-order valence-electron chi connectivity index (χ2n) is 6.58. The van der Waals surface area contributed by atoms with Gasteiger partial charge in [-0.2, -0.15) is 0 Å². The minimum atomic E-state index is 0.599. The van der Waals surface area contributed by atoms with Crippen LogP contribution in [0.5, 0.6) is 11.5 Å². The highest BCUT2D eigenvalue weighted by atomic mass is 16.5. The van der Waals surface area contributed by atoms with Gasteiger partial charge in [0.15, 0.2) is 0 Å². The van der Waals surface area contributed by atoms with E-state index >= 15 is 0 Å². The molecule has 4 aromatic carbocycles. The maximum absolute atomic E-state index is 6.19. The van der Waals surface area contributed by atoms with Gasteiger partial charge >= 0.3 is 0 Å². The van der Waals surface area contributed by atoms with Crippen LogP contribution in [-0.2, 0) is 0 Å². The van der Waals surface area contributed by atoms with E-state index in [1.54, 1.807) is 12.1 Å². The molecule has 5 heteroatoms. The molecule has 0 fully saturated rings. The Bertz CT molecular complexity index is 1010. The Hall–Kier alpha value is -4.12. The molecule has 0 radical (unpaired) electrons. The fraction of sp³-hybridized carbons (Fsp3) is 0. The molecule has 0 aromatic heterocycles. The number of anilines is 6. The Balaban J connectivity index is 1.46. The van der Waals surface area contributed by atoms with Gasteiger partial charge in [0, 0.05) is 23.5 Å². The second-order valence-corrected chi connectivity index (χ2v) is 6.58. The molecular formula is C24H22N4O. The van der Waals surface area contributed by atoms with Crippen LogP contribution in [0.3, 0.4) is 0 Å². The third-order valence-corrected chi connectivity index (χ3v) is 4.39. The van der Waals surface area contributed by atoms with E-state index < -0.39 is 0 Å². The summed E-state index contributed by atoms with van der Waals surface area (Å²) in [4.78, 5) is 0. The van der Waals surface area contributed by atoms with Gasteiger partial charge in [-0.15, -0.1) is 0 Å². The van der Waals surface area contributed by atoms with E-state index in [-0.39, 0.29) is 0 Å². The van der Waals surface area contributed by atoms with E-state index in [0.29, 0.717) is 22.9 Å². The molecule has 4 aromatic rings. The van der Waals surface area contributed by atoms with Gasteiger partial charge in [0.2, 0.25) is 0 Å². The minimum Gasteiger partial charge on any atom is -0.457 e. The number of hydrogen-bond donors (Lipinski definition) is 4. The highest BCUT2D eigenvalue weighted by Crippen LogP contribution is 2.33. The van der Waals surface area contributed by atoms with Crippen LogP contribution in [0.25, 0.3) is 0 Å². The predicted molar refractivity (Wildman–Crippen MR) is 121 cm³/mol. The minimum absolute atomic E-state index is 0.599. The second kappa shape index (κ2) is 8.27. The van der Waals surface area contributed by atoms with Gasteiger partial charge in [-0.05, 0) is 48.5 Å². The molecule has 4 rings (SSSR count). The van der Waals surface area contributed by atoms with E-state index in [4.69, 9.17) is 16.2 Å². The Labute approximate surface area is 169 Å². The van der Waals surface area contributed by atoms with Crippen LogP contribution in [-0.4, -0.2) is 0 Å². The van der Waals surface area contributed by atoms with Crippen LogP contribution in [0.15, 0.2) is 97.1 Å². The summed E-state index contributed by atoms with van der Waals surface area (Å²) in [7, 11) is 0. The largest absolute Gasteiger partial charge is 0.457 e. The normalized spacial score (nSPS) is 10.3. The highest BCUT2D eigenvalue weighted by molar-refractivity contribution is 5.75. The van der Waals surface area contributed by atoms with Crippen molar-refractivity contribution in [3.05, 3.63) is 97.1 Å². The average molecular weight is 382 g/mol. The summed E-state index contributed by atoms with van der Waals surface area (Å²) in [6.45, 7) is 0. The van der Waals surface area contributed by atoms with E-state index in [1.807, 2.05) is 84.9 Å². The molecule has 0 aliphatic carbocycles. The first-order valence-electron chi connectivity index (χ1n) is 9.28. The summed E-state index contributed by atoms with van der Waals surface area (Å²) in [6, 6.07) is 30.9. The van der Waals surface area contributed by atoms with Gasteiger partial charge in [-0.3, -0.25) is 0 Å². The third-order valence-electron chi connectivity index (χ3n) is 4.39. The standard InChI is InChI=1S/C24H22N4O/c25-21-15-19(11-13-23(21)27-17-7-3-1-4-8-17)29-20-12-14-24(22(26)16-20)28-18-9-5-2-6-10-18/h1-16,27-28H,25-26H2. The summed E-state index contributed by atoms with van der Waals surface area (Å²) in [5.41, 5.74) is 17.2. The zero-order valence-electron chi connectivity index (χ0n) is 15.8. The Morgan fingerprint density at radius 2 is 0.931 bits per heavy atom. The molecule has 0 saturated heterocycles. The monoisotopic (exact) mass is 382 g/mol. The number of para-hydroxylation sites is 2. The Morgan fingerprint density at radius 3 is 1.31 bits per heavy atom. The molecule has 0 aliphatic rings. The molecule has 6 N–H and O–H groups in total. The van der Waals surface area contributed by atoms with Gasteiger partial charge < -0.3 is 26.8 Å². The first kappa shape index (κ1) is 18.3. The number of nitrogens with two attached hydrogens (primary N) is 2. The number of hydrogen-bond acceptors (Lipinski definition) is 5. The van der Waals surface area contributed by atoms with E-state index in [9.17, 15) is 0 Å². The summed E-state index contributed by atoms with van der Waals surface area (Å²) >= 11 is 0. The SMILES string of the molecule is Nc1cc(Oc2ccc(Nc3ccccc3)c(N)c2)ccc1Nc1ccccc1. The lowest BCUT2D eigenvalue weighted by atomic mass is 10.2. The number of ether oxygens (including phenoxy) is 1. The molecule has 5 nitrogen and oxygen atoms in total. The maximum Gasteiger partial charge on any atom is 0.129 e. The van der Waals surface area contributed by atoms with E-state index in [0.717, 1.165) is 22.7 Å². The number of nitrogens with one attached hydrogen (secondary N) is 2. The fourth-order valence-electron chi connectivity index (χ4n) is 2.93. The molecular weight excluding hydrogens is 360 g/mol. The van der Waals surface area contributed by atoms with Crippen LogP contribution in [0.1, 0.15) is 0 Å². The van der Waals surface area contributed by atoms with Crippen molar-refractivity contribution >= 4 is 34.1 Å². The molecule has 0 bridgehead atoms. The zero-order valence-corrected chi connectivity index (χ0v) is 15.8. The maximum atomic E-state index is 6.19. The van der Waals surface area contributed by atoms with Crippen molar-refractivity contribution in [2.75, 3.05) is 22.1 Å². The van der Waals surface area contributed by atoms with Crippen molar-refractivity contribution in [3.8, 4) is 11.5 Å². The lowest BCUT2D eigenvalue weighted by Crippen LogP contribution is -1.98. The molecule has 29 heavy (non-hydrogen) atoms. The van der Waals surface area contributed by atoms with Crippen molar-refractivity contribution < 1.29 is 4.74 Å². The number of rotatable bonds is 6. The van der Waals surface area contributed by atoms with E-state index in [1.165, 1.54) is 0 Å². The van der Waals surface area contributed by atoms with Gasteiger partial charge in [0.25, 0.3) is 0 Å². The highest BCUT2D eigenvalue weighted by Gasteiger charge is 2.06. The van der Waals surface area contributed by atoms with Crippen LogP contribution >= 0.6 is 0 Å². The summed E-state index contributed by atoms with van der Waals surface area (Å²) < 4.78 is 5.93. The molecule has 0 saturated carbocycles. The average Bonchev–Trinajstić information content (AvgIpc) is 2.74. The Morgan fingerprint density at radius 1 is 0.517 bits per heavy atom. The Kier molecular flexibility index (Phi) is 5.21. The quantitative estimate of drug-likeness (QED) is 0.301. The predicted octanol–water partition coefficient (Wildman–Crippen LogP) is 6.13. The first-order chi connectivity index (χ1) is 14.2. The van der Waals surface area contributed by atoms with Crippen LogP contribution in [0.4, 0.5) is 34.1 Å². The van der Waals surface area contributed by atoms with Crippen LogP contribution in [0.2, 0.25) is 0 Å². The molecule has 0 unspecified atom stereocenters. The van der Waals surface area contributed by atoms with Crippen molar-refractivity contribution in [2.24, 2.45) is 0 Å².